The molecule has 0 amide bonds. The maximum absolute atomic E-state index is 10.8. The molecule has 1 aromatic rings. The van der Waals surface area contributed by atoms with E-state index in [0.29, 0.717) is 12.2 Å². The summed E-state index contributed by atoms with van der Waals surface area (Å²) in [6.07, 6.45) is 3.62. The van der Waals surface area contributed by atoms with Crippen LogP contribution in [0.4, 0.5) is 0 Å². The first kappa shape index (κ1) is 11.3. The predicted octanol–water partition coefficient (Wildman–Crippen LogP) is 1.79. The molecule has 0 fully saturated rings. The third-order valence-electron chi connectivity index (χ3n) is 1.40. The molecule has 0 N–H and O–H groups in total. The number of carbonyl (C=O) groups excluding carboxylic acids is 1. The number of hydrogen-bond acceptors (Lipinski definition) is 5. The molecule has 76 valence electrons. The number of thioether (sulfide) groups is 1. The third-order valence-corrected chi connectivity index (χ3v) is 2.55. The monoisotopic (exact) mass is 232 g/mol. The van der Waals surface area contributed by atoms with Crippen LogP contribution in [0, 0.1) is 0 Å². The van der Waals surface area contributed by atoms with E-state index < -0.39 is 0 Å². The van der Waals surface area contributed by atoms with E-state index in [9.17, 15) is 4.79 Å². The van der Waals surface area contributed by atoms with Crippen molar-refractivity contribution in [2.45, 2.75) is 11.3 Å². The lowest BCUT2D eigenvalue weighted by Gasteiger charge is -1.99. The van der Waals surface area contributed by atoms with Crippen molar-refractivity contribution in [3.8, 4) is 0 Å². The molecule has 0 bridgehead atoms. The molecule has 0 spiro atoms. The highest BCUT2D eigenvalue weighted by Gasteiger charge is 2.01. The van der Waals surface area contributed by atoms with Crippen molar-refractivity contribution >= 4 is 29.3 Å². The second-order valence-electron chi connectivity index (χ2n) is 2.36. The maximum Gasteiger partial charge on any atom is 0.306 e. The van der Waals surface area contributed by atoms with Crippen LogP contribution < -0.4 is 0 Å². The summed E-state index contributed by atoms with van der Waals surface area (Å²) in [7, 11) is 1.37. The van der Waals surface area contributed by atoms with Gasteiger partial charge in [-0.05, 0) is 11.6 Å². The van der Waals surface area contributed by atoms with Crippen LogP contribution in [0.3, 0.4) is 0 Å². The summed E-state index contributed by atoms with van der Waals surface area (Å²) in [5.41, 5.74) is 0. The summed E-state index contributed by atoms with van der Waals surface area (Å²) in [5, 5.41) is 0.224. The van der Waals surface area contributed by atoms with Crippen LogP contribution in [0.2, 0.25) is 5.28 Å². The van der Waals surface area contributed by atoms with Gasteiger partial charge in [0.15, 0.2) is 0 Å². The van der Waals surface area contributed by atoms with E-state index in [0.717, 1.165) is 4.90 Å². The Labute approximate surface area is 91.0 Å². The highest BCUT2D eigenvalue weighted by Crippen LogP contribution is 2.17. The zero-order valence-corrected chi connectivity index (χ0v) is 9.14. The topological polar surface area (TPSA) is 52.1 Å². The van der Waals surface area contributed by atoms with E-state index in [1.165, 1.54) is 18.9 Å². The zero-order valence-electron chi connectivity index (χ0n) is 7.57. The number of esters is 1. The first-order valence-corrected chi connectivity index (χ1v) is 5.26. The molecular weight excluding hydrogens is 224 g/mol. The van der Waals surface area contributed by atoms with Crippen molar-refractivity contribution in [3.05, 3.63) is 17.7 Å². The van der Waals surface area contributed by atoms with Gasteiger partial charge in [-0.2, -0.15) is 0 Å². The highest BCUT2D eigenvalue weighted by molar-refractivity contribution is 7.99. The van der Waals surface area contributed by atoms with Gasteiger partial charge in [-0.25, -0.2) is 9.97 Å². The van der Waals surface area contributed by atoms with Crippen molar-refractivity contribution in [1.82, 2.24) is 9.97 Å². The Morgan fingerprint density at radius 1 is 1.57 bits per heavy atom. The Hall–Kier alpha value is -0.810. The van der Waals surface area contributed by atoms with Gasteiger partial charge in [0.25, 0.3) is 0 Å². The van der Waals surface area contributed by atoms with Crippen LogP contribution in [-0.4, -0.2) is 28.8 Å². The Balaban J connectivity index is 2.31. The molecule has 1 rings (SSSR count). The summed E-state index contributed by atoms with van der Waals surface area (Å²) < 4.78 is 4.50. The van der Waals surface area contributed by atoms with Gasteiger partial charge in [0.1, 0.15) is 0 Å². The number of rotatable bonds is 4. The molecule has 0 saturated heterocycles. The Morgan fingerprint density at radius 2 is 2.21 bits per heavy atom. The fourth-order valence-corrected chi connectivity index (χ4v) is 1.59. The molecule has 0 aliphatic rings. The van der Waals surface area contributed by atoms with Crippen LogP contribution >= 0.6 is 23.4 Å². The summed E-state index contributed by atoms with van der Waals surface area (Å²) in [4.78, 5) is 19.3. The fraction of sp³-hybridized carbons (Fsp3) is 0.375. The zero-order chi connectivity index (χ0) is 10.4. The first-order chi connectivity index (χ1) is 6.72. The molecule has 1 aromatic heterocycles. The van der Waals surface area contributed by atoms with Crippen molar-refractivity contribution in [2.75, 3.05) is 12.9 Å². The van der Waals surface area contributed by atoms with E-state index in [4.69, 9.17) is 11.6 Å². The van der Waals surface area contributed by atoms with Gasteiger partial charge in [0.05, 0.1) is 13.5 Å². The summed E-state index contributed by atoms with van der Waals surface area (Å²) >= 11 is 7.00. The number of carbonyl (C=O) groups is 1. The van der Waals surface area contributed by atoms with Crippen molar-refractivity contribution in [1.29, 1.82) is 0 Å². The standard InChI is InChI=1S/C8H9ClN2O2S/c1-13-7(12)2-3-14-6-4-10-8(9)11-5-6/h4-5H,2-3H2,1H3. The van der Waals surface area contributed by atoms with Gasteiger partial charge in [-0.3, -0.25) is 4.79 Å². The molecule has 0 saturated carbocycles. The number of hydrogen-bond donors (Lipinski definition) is 0. The van der Waals surface area contributed by atoms with Crippen molar-refractivity contribution in [3.63, 3.8) is 0 Å². The molecule has 4 nitrogen and oxygen atoms in total. The lowest BCUT2D eigenvalue weighted by Crippen LogP contribution is -2.00. The van der Waals surface area contributed by atoms with Gasteiger partial charge in [0.2, 0.25) is 5.28 Å². The minimum Gasteiger partial charge on any atom is -0.469 e. The first-order valence-electron chi connectivity index (χ1n) is 3.89. The molecule has 0 aliphatic heterocycles. The van der Waals surface area contributed by atoms with E-state index in [2.05, 4.69) is 14.7 Å². The molecule has 0 unspecified atom stereocenters. The van der Waals surface area contributed by atoms with Crippen LogP contribution in [0.5, 0.6) is 0 Å². The van der Waals surface area contributed by atoms with Crippen LogP contribution in [0.1, 0.15) is 6.42 Å². The van der Waals surface area contributed by atoms with Crippen LogP contribution in [0.25, 0.3) is 0 Å². The minimum atomic E-state index is -0.215. The smallest absolute Gasteiger partial charge is 0.306 e. The third kappa shape index (κ3) is 3.93. The molecular formula is C8H9ClN2O2S. The Bertz CT molecular complexity index is 305. The van der Waals surface area contributed by atoms with E-state index in [1.807, 2.05) is 0 Å². The maximum atomic E-state index is 10.8. The number of methoxy groups -OCH3 is 1. The van der Waals surface area contributed by atoms with E-state index in [-0.39, 0.29) is 11.3 Å². The fourth-order valence-electron chi connectivity index (χ4n) is 0.729. The van der Waals surface area contributed by atoms with Gasteiger partial charge in [-0.15, -0.1) is 11.8 Å². The second-order valence-corrected chi connectivity index (χ2v) is 3.87. The van der Waals surface area contributed by atoms with Gasteiger partial charge < -0.3 is 4.74 Å². The van der Waals surface area contributed by atoms with Gasteiger partial charge in [0, 0.05) is 23.0 Å². The summed E-state index contributed by atoms with van der Waals surface area (Å²) in [6, 6.07) is 0. The number of nitrogens with zero attached hydrogens (tertiary/aromatic N) is 2. The Morgan fingerprint density at radius 3 is 2.79 bits per heavy atom. The SMILES string of the molecule is COC(=O)CCSc1cnc(Cl)nc1. The molecule has 6 heteroatoms. The molecule has 0 aliphatic carbocycles. The van der Waals surface area contributed by atoms with Crippen LogP contribution in [0.15, 0.2) is 17.3 Å². The average Bonchev–Trinajstić information content (AvgIpc) is 2.21. The lowest BCUT2D eigenvalue weighted by molar-refractivity contribution is -0.140. The lowest BCUT2D eigenvalue weighted by atomic mass is 10.5. The molecule has 0 radical (unpaired) electrons. The largest absolute Gasteiger partial charge is 0.469 e. The van der Waals surface area contributed by atoms with E-state index >= 15 is 0 Å². The molecule has 14 heavy (non-hydrogen) atoms. The predicted molar refractivity (Wildman–Crippen MR) is 54.4 cm³/mol. The molecule has 0 atom stereocenters. The normalized spacial score (nSPS) is 9.86. The van der Waals surface area contributed by atoms with Crippen molar-refractivity contribution in [2.24, 2.45) is 0 Å². The molecule has 1 heterocycles. The Kier molecular flexibility index (Phi) is 4.69. The highest BCUT2D eigenvalue weighted by atomic mass is 35.5. The number of halogens is 1. The second kappa shape index (κ2) is 5.82. The number of ether oxygens (including phenoxy) is 1. The average molecular weight is 233 g/mol. The van der Waals surface area contributed by atoms with Crippen LogP contribution in [-0.2, 0) is 9.53 Å². The quantitative estimate of drug-likeness (QED) is 0.450. The van der Waals surface area contributed by atoms with Gasteiger partial charge in [-0.1, -0.05) is 0 Å². The molecule has 0 aromatic carbocycles. The minimum absolute atomic E-state index is 0.215. The van der Waals surface area contributed by atoms with Crippen molar-refractivity contribution < 1.29 is 9.53 Å². The van der Waals surface area contributed by atoms with E-state index in [1.54, 1.807) is 12.4 Å². The number of aromatic nitrogens is 2. The summed E-state index contributed by atoms with van der Waals surface area (Å²) in [6.45, 7) is 0. The summed E-state index contributed by atoms with van der Waals surface area (Å²) in [5.74, 6) is 0.435. The van der Waals surface area contributed by atoms with Gasteiger partial charge >= 0.3 is 5.97 Å².